The van der Waals surface area contributed by atoms with Gasteiger partial charge in [0.05, 0.1) is 29.8 Å². The number of aromatic nitrogens is 5. The molecule has 0 unspecified atom stereocenters. The lowest BCUT2D eigenvalue weighted by Crippen LogP contribution is -2.07. The Morgan fingerprint density at radius 2 is 2.32 bits per heavy atom. The third kappa shape index (κ3) is 1.95. The molecule has 0 atom stereocenters. The molecule has 2 N–H and O–H groups in total. The summed E-state index contributed by atoms with van der Waals surface area (Å²) in [5.74, 6) is 0.290. The van der Waals surface area contributed by atoms with Crippen molar-refractivity contribution in [3.05, 3.63) is 30.1 Å². The number of hydrogen-bond donors (Lipinski definition) is 2. The molecule has 0 amide bonds. The van der Waals surface area contributed by atoms with E-state index in [1.165, 1.54) is 30.5 Å². The number of H-pyrrole nitrogens is 1. The molecule has 0 bridgehead atoms. The fourth-order valence-electron chi connectivity index (χ4n) is 2.23. The number of nitrogens with one attached hydrogen (secondary N) is 1. The van der Waals surface area contributed by atoms with Gasteiger partial charge in [0.1, 0.15) is 18.7 Å². The Morgan fingerprint density at radius 1 is 1.50 bits per heavy atom. The van der Waals surface area contributed by atoms with E-state index in [2.05, 4.69) is 20.1 Å². The summed E-state index contributed by atoms with van der Waals surface area (Å²) in [6, 6.07) is 0. The van der Waals surface area contributed by atoms with Crippen LogP contribution in [0.5, 0.6) is 5.75 Å². The van der Waals surface area contributed by atoms with Crippen molar-refractivity contribution in [2.45, 2.75) is 6.61 Å². The van der Waals surface area contributed by atoms with Gasteiger partial charge in [0.25, 0.3) is 0 Å². The fourth-order valence-corrected chi connectivity index (χ4v) is 2.23. The van der Waals surface area contributed by atoms with Gasteiger partial charge in [-0.2, -0.15) is 9.78 Å². The molecule has 0 aliphatic carbocycles. The summed E-state index contributed by atoms with van der Waals surface area (Å²) in [4.78, 5) is 33.5. The second-order valence-corrected chi connectivity index (χ2v) is 4.33. The highest BCUT2D eigenvalue weighted by Gasteiger charge is 2.20. The molecule has 9 heteroatoms. The largest absolute Gasteiger partial charge is 0.494 e. The van der Waals surface area contributed by atoms with E-state index in [0.717, 1.165) is 0 Å². The number of aliphatic hydroxyl groups excluding tert-OH is 1. The number of aldehydes is 1. The van der Waals surface area contributed by atoms with Crippen LogP contribution in [0.1, 0.15) is 16.2 Å². The first kappa shape index (κ1) is 13.9. The highest BCUT2D eigenvalue weighted by molar-refractivity contribution is 6.36. The van der Waals surface area contributed by atoms with Gasteiger partial charge in [-0.25, -0.2) is 9.97 Å². The predicted octanol–water partition coefficient (Wildman–Crippen LogP) is 0.0261. The van der Waals surface area contributed by atoms with Gasteiger partial charge in [0, 0.05) is 6.20 Å². The molecule has 0 saturated carbocycles. The summed E-state index contributed by atoms with van der Waals surface area (Å²) in [5, 5.41) is 13.7. The van der Waals surface area contributed by atoms with Crippen molar-refractivity contribution < 1.29 is 19.4 Å². The summed E-state index contributed by atoms with van der Waals surface area (Å²) in [7, 11) is 1.44. The number of methoxy groups -OCH3 is 1. The van der Waals surface area contributed by atoms with Crippen molar-refractivity contribution in [3.63, 3.8) is 0 Å². The normalized spacial score (nSPS) is 10.8. The van der Waals surface area contributed by atoms with Crippen molar-refractivity contribution >= 4 is 23.0 Å². The first-order valence-corrected chi connectivity index (χ1v) is 6.25. The summed E-state index contributed by atoms with van der Waals surface area (Å²) in [5.41, 5.74) is 0.626. The van der Waals surface area contributed by atoms with Gasteiger partial charge in [-0.3, -0.25) is 9.59 Å². The molecule has 0 radical (unpaired) electrons. The Morgan fingerprint density at radius 3 is 3.00 bits per heavy atom. The maximum absolute atomic E-state index is 11.7. The number of aromatic amines is 1. The zero-order valence-electron chi connectivity index (χ0n) is 11.5. The Balaban J connectivity index is 2.33. The van der Waals surface area contributed by atoms with Crippen molar-refractivity contribution in [1.29, 1.82) is 0 Å². The van der Waals surface area contributed by atoms with Crippen LogP contribution in [0.15, 0.2) is 18.7 Å². The number of Topliss-reactive ketones (excluding diaryl/α,β-unsaturated/α-hetero) is 1. The molecule has 3 aromatic rings. The van der Waals surface area contributed by atoms with E-state index in [1.54, 1.807) is 0 Å². The molecule has 22 heavy (non-hydrogen) atoms. The monoisotopic (exact) mass is 301 g/mol. The number of carbonyl (C=O) groups excluding carboxylic acids is 2. The van der Waals surface area contributed by atoms with Gasteiger partial charge < -0.3 is 14.8 Å². The molecule has 0 spiro atoms. The number of ketones is 1. The molecule has 3 rings (SSSR count). The highest BCUT2D eigenvalue weighted by Crippen LogP contribution is 2.31. The molecule has 9 nitrogen and oxygen atoms in total. The van der Waals surface area contributed by atoms with E-state index < -0.39 is 5.78 Å². The van der Waals surface area contributed by atoms with Gasteiger partial charge in [-0.1, -0.05) is 0 Å². The van der Waals surface area contributed by atoms with Crippen LogP contribution in [0, 0.1) is 0 Å². The van der Waals surface area contributed by atoms with Crippen LogP contribution < -0.4 is 4.74 Å². The number of fused-ring (bicyclic) bond motifs is 1. The standard InChI is InChI=1S/C13H11N5O4/c1-22-9-3-15-13(18-10(5-20)16-6-17-18)12-11(9)7(2-14-12)8(21)4-19/h2-4,6,14,20H,5H2,1H3. The maximum Gasteiger partial charge on any atom is 0.227 e. The number of rotatable bonds is 5. The van der Waals surface area contributed by atoms with E-state index in [9.17, 15) is 14.7 Å². The molecule has 112 valence electrons. The van der Waals surface area contributed by atoms with Crippen LogP contribution in [0.3, 0.4) is 0 Å². The number of pyridine rings is 1. The average Bonchev–Trinajstić information content (AvgIpc) is 3.19. The van der Waals surface area contributed by atoms with E-state index in [4.69, 9.17) is 4.74 Å². The molecule has 0 saturated heterocycles. The van der Waals surface area contributed by atoms with Crippen molar-refractivity contribution in [2.24, 2.45) is 0 Å². The van der Waals surface area contributed by atoms with Crippen LogP contribution in [0.4, 0.5) is 0 Å². The number of nitrogens with zero attached hydrogens (tertiary/aromatic N) is 4. The molecule has 0 fully saturated rings. The molecule has 0 aliphatic rings. The lowest BCUT2D eigenvalue weighted by Gasteiger charge is -2.08. The number of carbonyl (C=O) groups is 2. The Labute approximate surface area is 123 Å². The summed E-state index contributed by atoms with van der Waals surface area (Å²) < 4.78 is 6.55. The first-order valence-electron chi connectivity index (χ1n) is 6.25. The van der Waals surface area contributed by atoms with Gasteiger partial charge >= 0.3 is 0 Å². The Hall–Kier alpha value is -3.07. The molecule has 0 aromatic carbocycles. The van der Waals surface area contributed by atoms with Crippen molar-refractivity contribution in [2.75, 3.05) is 7.11 Å². The smallest absolute Gasteiger partial charge is 0.227 e. The van der Waals surface area contributed by atoms with Crippen LogP contribution in [-0.4, -0.2) is 49.0 Å². The van der Waals surface area contributed by atoms with Crippen LogP contribution in [0.25, 0.3) is 16.7 Å². The van der Waals surface area contributed by atoms with Gasteiger partial charge in [-0.15, -0.1) is 0 Å². The topological polar surface area (TPSA) is 123 Å². The first-order chi connectivity index (χ1) is 10.7. The minimum atomic E-state index is -0.678. The lowest BCUT2D eigenvalue weighted by atomic mass is 10.1. The van der Waals surface area contributed by atoms with E-state index in [-0.39, 0.29) is 24.3 Å². The van der Waals surface area contributed by atoms with Crippen LogP contribution >= 0.6 is 0 Å². The maximum atomic E-state index is 11.7. The van der Waals surface area contributed by atoms with Crippen molar-refractivity contribution in [3.8, 4) is 11.6 Å². The van der Waals surface area contributed by atoms with Gasteiger partial charge in [-0.05, 0) is 0 Å². The van der Waals surface area contributed by atoms with Crippen LogP contribution in [-0.2, 0) is 11.4 Å². The summed E-state index contributed by atoms with van der Waals surface area (Å²) in [6.45, 7) is -0.323. The second kappa shape index (κ2) is 5.37. The molecular formula is C13H11N5O4. The quantitative estimate of drug-likeness (QED) is 0.387. The van der Waals surface area contributed by atoms with E-state index >= 15 is 0 Å². The molecule has 3 heterocycles. The zero-order chi connectivity index (χ0) is 15.7. The lowest BCUT2D eigenvalue weighted by molar-refractivity contribution is -0.104. The highest BCUT2D eigenvalue weighted by atomic mass is 16.5. The van der Waals surface area contributed by atoms with Gasteiger partial charge in [0.15, 0.2) is 17.9 Å². The third-order valence-corrected chi connectivity index (χ3v) is 3.21. The molecule has 3 aromatic heterocycles. The third-order valence-electron chi connectivity index (χ3n) is 3.21. The summed E-state index contributed by atoms with van der Waals surface area (Å²) in [6.07, 6.45) is 4.33. The average molecular weight is 301 g/mol. The minimum Gasteiger partial charge on any atom is -0.494 e. The van der Waals surface area contributed by atoms with Gasteiger partial charge in [0.2, 0.25) is 5.78 Å². The molecular weight excluding hydrogens is 290 g/mol. The SMILES string of the molecule is COc1cnc(-n2ncnc2CO)c2[nH]cc(C(=O)C=O)c12. The Kier molecular flexibility index (Phi) is 3.39. The molecule has 0 aliphatic heterocycles. The number of aliphatic hydroxyl groups is 1. The number of hydrogen-bond acceptors (Lipinski definition) is 7. The van der Waals surface area contributed by atoms with Crippen molar-refractivity contribution in [1.82, 2.24) is 24.7 Å². The van der Waals surface area contributed by atoms with E-state index in [0.29, 0.717) is 22.5 Å². The van der Waals surface area contributed by atoms with Crippen LogP contribution in [0.2, 0.25) is 0 Å². The fraction of sp³-hybridized carbons (Fsp3) is 0.154. The number of ether oxygens (including phenoxy) is 1. The Bertz CT molecular complexity index is 867. The zero-order valence-corrected chi connectivity index (χ0v) is 11.5. The second-order valence-electron chi connectivity index (χ2n) is 4.33. The summed E-state index contributed by atoms with van der Waals surface area (Å²) >= 11 is 0. The minimum absolute atomic E-state index is 0.177. The predicted molar refractivity (Wildman–Crippen MR) is 73.9 cm³/mol. The van der Waals surface area contributed by atoms with E-state index in [1.807, 2.05) is 0 Å².